The molecule has 2 aliphatic rings. The molecule has 2 fully saturated rings. The fraction of sp³-hybridized carbons (Fsp3) is 0.600. The summed E-state index contributed by atoms with van der Waals surface area (Å²) in [4.78, 5) is 26.5. The van der Waals surface area contributed by atoms with E-state index in [1.807, 2.05) is 23.1 Å². The molecule has 0 bridgehead atoms. The minimum atomic E-state index is -0.431. The second-order valence-corrected chi connectivity index (χ2v) is 7.38. The van der Waals surface area contributed by atoms with Gasteiger partial charge in [-0.1, -0.05) is 24.3 Å². The predicted octanol–water partition coefficient (Wildman–Crippen LogP) is 1.44. The highest BCUT2D eigenvalue weighted by Gasteiger charge is 2.39. The fourth-order valence-corrected chi connectivity index (χ4v) is 3.92. The first kappa shape index (κ1) is 18.9. The Bertz CT molecular complexity index is 635. The first-order chi connectivity index (χ1) is 12.6. The predicted molar refractivity (Wildman–Crippen MR) is 99.4 cm³/mol. The largest absolute Gasteiger partial charge is 0.384 e. The maximum atomic E-state index is 12.8. The average Bonchev–Trinajstić information content (AvgIpc) is 3.06. The Kier molecular flexibility index (Phi) is 6.27. The molecule has 2 N–H and O–H groups in total. The number of benzene rings is 1. The molecule has 0 radical (unpaired) electrons. The van der Waals surface area contributed by atoms with Crippen LogP contribution in [0, 0.1) is 5.41 Å². The maximum Gasteiger partial charge on any atom is 0.228 e. The zero-order valence-electron chi connectivity index (χ0n) is 15.6. The third-order valence-corrected chi connectivity index (χ3v) is 5.45. The minimum Gasteiger partial charge on any atom is -0.384 e. The van der Waals surface area contributed by atoms with E-state index in [9.17, 15) is 9.59 Å². The molecular weight excluding hydrogens is 330 g/mol. The van der Waals surface area contributed by atoms with Gasteiger partial charge in [-0.05, 0) is 43.5 Å². The van der Waals surface area contributed by atoms with Gasteiger partial charge >= 0.3 is 0 Å². The monoisotopic (exact) mass is 359 g/mol. The summed E-state index contributed by atoms with van der Waals surface area (Å²) in [6.45, 7) is 4.14. The highest BCUT2D eigenvalue weighted by molar-refractivity contribution is 5.83. The van der Waals surface area contributed by atoms with Crippen molar-refractivity contribution < 1.29 is 14.3 Å². The van der Waals surface area contributed by atoms with Gasteiger partial charge in [0, 0.05) is 33.2 Å². The highest BCUT2D eigenvalue weighted by Crippen LogP contribution is 2.29. The Labute approximate surface area is 155 Å². The van der Waals surface area contributed by atoms with Gasteiger partial charge in [0.15, 0.2) is 0 Å². The molecule has 2 saturated heterocycles. The molecule has 142 valence electrons. The van der Waals surface area contributed by atoms with Crippen LogP contribution in [0.3, 0.4) is 0 Å². The standard InChI is InChI=1S/C20H29N3O3/c1-26-15-20(7-9-21-10-8-20)19(25)22-13-16-4-2-5-17(12-16)14-23-11-3-6-18(23)24/h2,4-5,12,21H,3,6-11,13-15H2,1H3,(H,22,25). The van der Waals surface area contributed by atoms with Gasteiger partial charge in [0.2, 0.25) is 11.8 Å². The van der Waals surface area contributed by atoms with Gasteiger partial charge in [0.25, 0.3) is 0 Å². The van der Waals surface area contributed by atoms with Crippen molar-refractivity contribution in [2.24, 2.45) is 5.41 Å². The minimum absolute atomic E-state index is 0.0703. The van der Waals surface area contributed by atoms with E-state index in [0.29, 0.717) is 26.1 Å². The van der Waals surface area contributed by atoms with Crippen molar-refractivity contribution in [2.45, 2.75) is 38.8 Å². The van der Waals surface area contributed by atoms with Crippen LogP contribution < -0.4 is 10.6 Å². The summed E-state index contributed by atoms with van der Waals surface area (Å²) in [5.74, 6) is 0.303. The smallest absolute Gasteiger partial charge is 0.228 e. The molecule has 2 heterocycles. The zero-order valence-corrected chi connectivity index (χ0v) is 15.6. The summed E-state index contributed by atoms with van der Waals surface area (Å²) in [6.07, 6.45) is 3.20. The molecule has 0 unspecified atom stereocenters. The molecule has 0 atom stereocenters. The van der Waals surface area contributed by atoms with E-state index >= 15 is 0 Å². The summed E-state index contributed by atoms with van der Waals surface area (Å²) < 4.78 is 5.34. The summed E-state index contributed by atoms with van der Waals surface area (Å²) in [5.41, 5.74) is 1.74. The molecular formula is C20H29N3O3. The number of carbonyl (C=O) groups is 2. The fourth-order valence-electron chi connectivity index (χ4n) is 3.92. The summed E-state index contributed by atoms with van der Waals surface area (Å²) >= 11 is 0. The first-order valence-electron chi connectivity index (χ1n) is 9.46. The SMILES string of the molecule is COCC1(C(=O)NCc2cccc(CN3CCCC3=O)c2)CCNCC1. The lowest BCUT2D eigenvalue weighted by Crippen LogP contribution is -2.49. The van der Waals surface area contributed by atoms with Crippen molar-refractivity contribution in [3.05, 3.63) is 35.4 Å². The lowest BCUT2D eigenvalue weighted by molar-refractivity contribution is -0.136. The molecule has 0 saturated carbocycles. The molecule has 1 aromatic carbocycles. The zero-order chi connectivity index (χ0) is 18.4. The van der Waals surface area contributed by atoms with E-state index in [4.69, 9.17) is 4.74 Å². The van der Waals surface area contributed by atoms with Crippen LogP contribution in [-0.4, -0.2) is 50.1 Å². The van der Waals surface area contributed by atoms with Crippen molar-refractivity contribution in [1.29, 1.82) is 0 Å². The van der Waals surface area contributed by atoms with Crippen molar-refractivity contribution in [3.8, 4) is 0 Å². The quantitative estimate of drug-likeness (QED) is 0.773. The van der Waals surface area contributed by atoms with Gasteiger partial charge in [-0.2, -0.15) is 0 Å². The van der Waals surface area contributed by atoms with Crippen molar-refractivity contribution >= 4 is 11.8 Å². The third kappa shape index (κ3) is 4.43. The molecule has 0 spiro atoms. The number of hydrogen-bond donors (Lipinski definition) is 2. The van der Waals surface area contributed by atoms with E-state index in [0.717, 1.165) is 50.0 Å². The number of methoxy groups -OCH3 is 1. The average molecular weight is 359 g/mol. The molecule has 6 heteroatoms. The van der Waals surface area contributed by atoms with Gasteiger partial charge in [0.1, 0.15) is 0 Å². The Balaban J connectivity index is 1.59. The number of rotatable bonds is 7. The molecule has 3 rings (SSSR count). The number of amides is 2. The molecule has 6 nitrogen and oxygen atoms in total. The molecule has 2 amide bonds. The Morgan fingerprint density at radius 1 is 1.31 bits per heavy atom. The van der Waals surface area contributed by atoms with Crippen LogP contribution >= 0.6 is 0 Å². The van der Waals surface area contributed by atoms with Gasteiger partial charge < -0.3 is 20.3 Å². The van der Waals surface area contributed by atoms with Gasteiger partial charge in [0.05, 0.1) is 12.0 Å². The number of ether oxygens (including phenoxy) is 1. The molecule has 1 aromatic rings. The summed E-state index contributed by atoms with van der Waals surface area (Å²) in [5, 5.41) is 6.40. The number of nitrogens with zero attached hydrogens (tertiary/aromatic N) is 1. The summed E-state index contributed by atoms with van der Waals surface area (Å²) in [6, 6.07) is 8.13. The van der Waals surface area contributed by atoms with E-state index < -0.39 is 5.41 Å². The van der Waals surface area contributed by atoms with E-state index in [1.165, 1.54) is 0 Å². The number of piperidine rings is 1. The molecule has 2 aliphatic heterocycles. The topological polar surface area (TPSA) is 70.7 Å². The second-order valence-electron chi connectivity index (χ2n) is 7.38. The van der Waals surface area contributed by atoms with Gasteiger partial charge in [-0.15, -0.1) is 0 Å². The number of nitrogens with one attached hydrogen (secondary N) is 2. The van der Waals surface area contributed by atoms with Crippen LogP contribution in [0.1, 0.15) is 36.8 Å². The van der Waals surface area contributed by atoms with E-state index in [-0.39, 0.29) is 11.8 Å². The van der Waals surface area contributed by atoms with Crippen molar-refractivity contribution in [2.75, 3.05) is 33.4 Å². The van der Waals surface area contributed by atoms with Crippen LogP contribution in [0.25, 0.3) is 0 Å². The van der Waals surface area contributed by atoms with E-state index in [2.05, 4.69) is 16.7 Å². The van der Waals surface area contributed by atoms with Crippen LogP contribution in [-0.2, 0) is 27.4 Å². The van der Waals surface area contributed by atoms with Crippen LogP contribution in [0.5, 0.6) is 0 Å². The number of hydrogen-bond acceptors (Lipinski definition) is 4. The number of likely N-dealkylation sites (tertiary alicyclic amines) is 1. The Morgan fingerprint density at radius 3 is 2.77 bits per heavy atom. The first-order valence-corrected chi connectivity index (χ1v) is 9.46. The van der Waals surface area contributed by atoms with Crippen molar-refractivity contribution in [1.82, 2.24) is 15.5 Å². The van der Waals surface area contributed by atoms with Crippen LogP contribution in [0.15, 0.2) is 24.3 Å². The van der Waals surface area contributed by atoms with Crippen LogP contribution in [0.4, 0.5) is 0 Å². The van der Waals surface area contributed by atoms with Gasteiger partial charge in [-0.3, -0.25) is 9.59 Å². The Morgan fingerprint density at radius 2 is 2.08 bits per heavy atom. The number of carbonyl (C=O) groups excluding carboxylic acids is 2. The maximum absolute atomic E-state index is 12.8. The molecule has 26 heavy (non-hydrogen) atoms. The lowest BCUT2D eigenvalue weighted by atomic mass is 9.78. The lowest BCUT2D eigenvalue weighted by Gasteiger charge is -2.35. The van der Waals surface area contributed by atoms with E-state index in [1.54, 1.807) is 7.11 Å². The van der Waals surface area contributed by atoms with Crippen molar-refractivity contribution in [3.63, 3.8) is 0 Å². The molecule has 0 aromatic heterocycles. The normalized spacial score (nSPS) is 19.6. The van der Waals surface area contributed by atoms with Gasteiger partial charge in [-0.25, -0.2) is 0 Å². The summed E-state index contributed by atoms with van der Waals surface area (Å²) in [7, 11) is 1.65. The molecule has 0 aliphatic carbocycles. The Hall–Kier alpha value is -1.92. The second kappa shape index (κ2) is 8.64. The third-order valence-electron chi connectivity index (χ3n) is 5.45. The van der Waals surface area contributed by atoms with Crippen LogP contribution in [0.2, 0.25) is 0 Å². The highest BCUT2D eigenvalue weighted by atomic mass is 16.5.